The molecule has 1 aliphatic heterocycles. The van der Waals surface area contributed by atoms with Gasteiger partial charge in [-0.3, -0.25) is 14.6 Å². The minimum atomic E-state index is -0.285. The SMILES string of the molecule is CCC[C@H](C)CN1CCO[C@H](CN(C)CC(N)=O)C1. The summed E-state index contributed by atoms with van der Waals surface area (Å²) >= 11 is 0. The zero-order chi connectivity index (χ0) is 14.3. The van der Waals surface area contributed by atoms with Crippen molar-refractivity contribution in [2.24, 2.45) is 11.7 Å². The molecule has 0 radical (unpaired) electrons. The molecule has 1 fully saturated rings. The van der Waals surface area contributed by atoms with E-state index in [2.05, 4.69) is 18.7 Å². The molecule has 2 N–H and O–H groups in total. The number of amides is 1. The topological polar surface area (TPSA) is 58.8 Å². The van der Waals surface area contributed by atoms with Crippen LogP contribution in [0.1, 0.15) is 26.7 Å². The first-order valence-corrected chi connectivity index (χ1v) is 7.32. The zero-order valence-electron chi connectivity index (χ0n) is 12.6. The third-order valence-electron chi connectivity index (χ3n) is 3.52. The average molecular weight is 271 g/mol. The second-order valence-electron chi connectivity index (χ2n) is 5.81. The van der Waals surface area contributed by atoms with E-state index in [1.165, 1.54) is 12.8 Å². The normalized spacial score (nSPS) is 22.6. The van der Waals surface area contributed by atoms with Gasteiger partial charge >= 0.3 is 0 Å². The molecule has 1 amide bonds. The molecule has 0 unspecified atom stereocenters. The van der Waals surface area contributed by atoms with Crippen LogP contribution in [-0.2, 0) is 9.53 Å². The van der Waals surface area contributed by atoms with Crippen molar-refractivity contribution in [1.29, 1.82) is 0 Å². The van der Waals surface area contributed by atoms with Gasteiger partial charge in [-0.1, -0.05) is 20.3 Å². The predicted octanol–water partition coefficient (Wildman–Crippen LogP) is 0.541. The van der Waals surface area contributed by atoms with Crippen LogP contribution in [0.5, 0.6) is 0 Å². The molecule has 1 aliphatic rings. The van der Waals surface area contributed by atoms with Crippen molar-refractivity contribution >= 4 is 5.91 Å². The first-order chi connectivity index (χ1) is 9.01. The van der Waals surface area contributed by atoms with Crippen LogP contribution in [0.15, 0.2) is 0 Å². The summed E-state index contributed by atoms with van der Waals surface area (Å²) in [5, 5.41) is 0. The Bertz CT molecular complexity index is 273. The van der Waals surface area contributed by atoms with Gasteiger partial charge in [0.2, 0.25) is 5.91 Å². The van der Waals surface area contributed by atoms with Crippen LogP contribution < -0.4 is 5.73 Å². The van der Waals surface area contributed by atoms with E-state index in [1.54, 1.807) is 0 Å². The van der Waals surface area contributed by atoms with E-state index in [4.69, 9.17) is 10.5 Å². The number of hydrogen-bond acceptors (Lipinski definition) is 4. The molecule has 1 heterocycles. The molecular weight excluding hydrogens is 242 g/mol. The Balaban J connectivity index is 2.31. The molecule has 1 saturated heterocycles. The Hall–Kier alpha value is -0.650. The smallest absolute Gasteiger partial charge is 0.231 e. The maximum atomic E-state index is 10.9. The van der Waals surface area contributed by atoms with E-state index in [0.717, 1.165) is 38.7 Å². The lowest BCUT2D eigenvalue weighted by atomic mass is 10.1. The standard InChI is InChI=1S/C14H29N3O2/c1-4-5-12(2)8-17-6-7-19-13(10-17)9-16(3)11-14(15)18/h12-13H,4-11H2,1-3H3,(H2,15,18)/t12-,13+/m0/s1. The fourth-order valence-electron chi connectivity index (χ4n) is 2.76. The number of rotatable bonds is 8. The van der Waals surface area contributed by atoms with Crippen LogP contribution in [-0.4, -0.2) is 68.2 Å². The molecule has 0 saturated carbocycles. The maximum absolute atomic E-state index is 10.9. The van der Waals surface area contributed by atoms with Crippen LogP contribution in [0.3, 0.4) is 0 Å². The number of nitrogens with two attached hydrogens (primary N) is 1. The maximum Gasteiger partial charge on any atom is 0.231 e. The van der Waals surface area contributed by atoms with Crippen molar-refractivity contribution in [3.63, 3.8) is 0 Å². The molecule has 2 atom stereocenters. The lowest BCUT2D eigenvalue weighted by molar-refractivity contribution is -0.119. The van der Waals surface area contributed by atoms with E-state index in [-0.39, 0.29) is 12.0 Å². The number of ether oxygens (including phenoxy) is 1. The van der Waals surface area contributed by atoms with Gasteiger partial charge in [-0.05, 0) is 19.4 Å². The molecule has 0 aromatic carbocycles. The summed E-state index contributed by atoms with van der Waals surface area (Å²) in [7, 11) is 1.91. The number of hydrogen-bond donors (Lipinski definition) is 1. The molecule has 0 aromatic rings. The van der Waals surface area contributed by atoms with Crippen molar-refractivity contribution < 1.29 is 9.53 Å². The largest absolute Gasteiger partial charge is 0.374 e. The first kappa shape index (κ1) is 16.4. The number of carbonyl (C=O) groups excluding carboxylic acids is 1. The Morgan fingerprint density at radius 1 is 1.58 bits per heavy atom. The Kier molecular flexibility index (Phi) is 7.34. The predicted molar refractivity (Wildman–Crippen MR) is 76.9 cm³/mol. The van der Waals surface area contributed by atoms with Crippen molar-refractivity contribution in [3.8, 4) is 0 Å². The second-order valence-corrected chi connectivity index (χ2v) is 5.81. The number of nitrogens with zero attached hydrogens (tertiary/aromatic N) is 2. The van der Waals surface area contributed by atoms with Gasteiger partial charge in [0, 0.05) is 26.2 Å². The Labute approximate surface area is 117 Å². The highest BCUT2D eigenvalue weighted by atomic mass is 16.5. The van der Waals surface area contributed by atoms with Gasteiger partial charge in [0.25, 0.3) is 0 Å². The number of morpholine rings is 1. The minimum absolute atomic E-state index is 0.187. The first-order valence-electron chi connectivity index (χ1n) is 7.32. The number of carbonyl (C=O) groups is 1. The van der Waals surface area contributed by atoms with Crippen LogP contribution in [0, 0.1) is 5.92 Å². The van der Waals surface area contributed by atoms with Crippen LogP contribution in [0.4, 0.5) is 0 Å². The van der Waals surface area contributed by atoms with Gasteiger partial charge in [0.1, 0.15) is 0 Å². The van der Waals surface area contributed by atoms with Gasteiger partial charge in [0.05, 0.1) is 19.3 Å². The highest BCUT2D eigenvalue weighted by Gasteiger charge is 2.22. The number of primary amides is 1. The fraction of sp³-hybridized carbons (Fsp3) is 0.929. The molecule has 5 nitrogen and oxygen atoms in total. The molecule has 112 valence electrons. The molecule has 1 rings (SSSR count). The van der Waals surface area contributed by atoms with Crippen molar-refractivity contribution in [3.05, 3.63) is 0 Å². The number of likely N-dealkylation sites (N-methyl/N-ethyl adjacent to an activating group) is 1. The lowest BCUT2D eigenvalue weighted by Gasteiger charge is -2.35. The molecule has 0 aliphatic carbocycles. The van der Waals surface area contributed by atoms with E-state index >= 15 is 0 Å². The van der Waals surface area contributed by atoms with Gasteiger partial charge in [-0.15, -0.1) is 0 Å². The monoisotopic (exact) mass is 271 g/mol. The van der Waals surface area contributed by atoms with Gasteiger partial charge in [0.15, 0.2) is 0 Å². The second kappa shape index (κ2) is 8.51. The molecular formula is C14H29N3O2. The summed E-state index contributed by atoms with van der Waals surface area (Å²) in [5.74, 6) is 0.457. The van der Waals surface area contributed by atoms with Crippen LogP contribution >= 0.6 is 0 Å². The summed E-state index contributed by atoms with van der Waals surface area (Å²) in [6.45, 7) is 9.51. The minimum Gasteiger partial charge on any atom is -0.374 e. The summed E-state index contributed by atoms with van der Waals surface area (Å²) in [4.78, 5) is 15.3. The van der Waals surface area contributed by atoms with Crippen LogP contribution in [0.2, 0.25) is 0 Å². The highest BCUT2D eigenvalue weighted by molar-refractivity contribution is 5.75. The van der Waals surface area contributed by atoms with Crippen LogP contribution in [0.25, 0.3) is 0 Å². The third-order valence-corrected chi connectivity index (χ3v) is 3.52. The van der Waals surface area contributed by atoms with Crippen molar-refractivity contribution in [2.75, 3.05) is 46.4 Å². The van der Waals surface area contributed by atoms with Gasteiger partial charge in [-0.25, -0.2) is 0 Å². The van der Waals surface area contributed by atoms with Crippen molar-refractivity contribution in [1.82, 2.24) is 9.80 Å². The summed E-state index contributed by atoms with van der Waals surface area (Å²) in [5.41, 5.74) is 5.19. The molecule has 0 aromatic heterocycles. The summed E-state index contributed by atoms with van der Waals surface area (Å²) < 4.78 is 5.77. The molecule has 0 bridgehead atoms. The fourth-order valence-corrected chi connectivity index (χ4v) is 2.76. The van der Waals surface area contributed by atoms with E-state index in [9.17, 15) is 4.79 Å². The molecule has 0 spiro atoms. The Morgan fingerprint density at radius 3 is 2.95 bits per heavy atom. The average Bonchev–Trinajstić information content (AvgIpc) is 2.28. The van der Waals surface area contributed by atoms with Crippen molar-refractivity contribution in [2.45, 2.75) is 32.8 Å². The zero-order valence-corrected chi connectivity index (χ0v) is 12.6. The summed E-state index contributed by atoms with van der Waals surface area (Å²) in [6.07, 6.45) is 2.71. The van der Waals surface area contributed by atoms with Gasteiger partial charge in [-0.2, -0.15) is 0 Å². The highest BCUT2D eigenvalue weighted by Crippen LogP contribution is 2.12. The quantitative estimate of drug-likeness (QED) is 0.700. The molecule has 5 heteroatoms. The summed E-state index contributed by atoms with van der Waals surface area (Å²) in [6, 6.07) is 0. The van der Waals surface area contributed by atoms with E-state index < -0.39 is 0 Å². The molecule has 19 heavy (non-hydrogen) atoms. The van der Waals surface area contributed by atoms with Gasteiger partial charge < -0.3 is 10.5 Å². The van der Waals surface area contributed by atoms with E-state index in [0.29, 0.717) is 6.54 Å². The van der Waals surface area contributed by atoms with E-state index in [1.807, 2.05) is 11.9 Å². The lowest BCUT2D eigenvalue weighted by Crippen LogP contribution is -2.48. The Morgan fingerprint density at radius 2 is 2.32 bits per heavy atom. The third kappa shape index (κ3) is 6.89.